The molecule has 0 bridgehead atoms. The molecule has 0 amide bonds. The fourth-order valence-corrected chi connectivity index (χ4v) is 1.84. The van der Waals surface area contributed by atoms with Gasteiger partial charge in [0.1, 0.15) is 0 Å². The van der Waals surface area contributed by atoms with Crippen LogP contribution in [0.4, 0.5) is 0 Å². The van der Waals surface area contributed by atoms with Gasteiger partial charge in [-0.05, 0) is 24.6 Å². The number of benzene rings is 1. The maximum atomic E-state index is 11.6. The van der Waals surface area contributed by atoms with E-state index in [0.717, 1.165) is 0 Å². The van der Waals surface area contributed by atoms with Crippen molar-refractivity contribution in [3.05, 3.63) is 34.3 Å². The van der Waals surface area contributed by atoms with Crippen LogP contribution in [0.1, 0.15) is 22.8 Å². The summed E-state index contributed by atoms with van der Waals surface area (Å²) in [6.45, 7) is 1.38. The molecule has 1 atom stereocenters. The van der Waals surface area contributed by atoms with Crippen molar-refractivity contribution in [1.82, 2.24) is 0 Å². The maximum absolute atomic E-state index is 11.6. The zero-order valence-electron chi connectivity index (χ0n) is 8.49. The summed E-state index contributed by atoms with van der Waals surface area (Å²) in [4.78, 5) is 22.6. The smallest absolute Gasteiger partial charge is 0.348 e. The van der Waals surface area contributed by atoms with Crippen molar-refractivity contribution in [3.8, 4) is 0 Å². The fourth-order valence-electron chi connectivity index (χ4n) is 1.67. The molecule has 4 nitrogen and oxygen atoms in total. The Morgan fingerprint density at radius 3 is 2.88 bits per heavy atom. The summed E-state index contributed by atoms with van der Waals surface area (Å²) in [7, 11) is 0. The van der Waals surface area contributed by atoms with Crippen molar-refractivity contribution in [2.24, 2.45) is 0 Å². The molecular weight excluding hydrogens is 232 g/mol. The Bertz CT molecular complexity index is 483. The molecule has 5 heteroatoms. The van der Waals surface area contributed by atoms with Crippen LogP contribution in [-0.2, 0) is 16.0 Å². The van der Waals surface area contributed by atoms with E-state index in [9.17, 15) is 9.59 Å². The minimum Gasteiger partial charge on any atom is -0.478 e. The van der Waals surface area contributed by atoms with Gasteiger partial charge in [-0.25, -0.2) is 9.59 Å². The summed E-state index contributed by atoms with van der Waals surface area (Å²) in [6, 6.07) is 4.77. The lowest BCUT2D eigenvalue weighted by Crippen LogP contribution is -2.45. The molecule has 1 aromatic carbocycles. The number of carboxylic acids is 1. The molecule has 84 valence electrons. The predicted octanol–water partition coefficient (Wildman–Crippen LogP) is 1.90. The van der Waals surface area contributed by atoms with Gasteiger partial charge >= 0.3 is 11.9 Å². The van der Waals surface area contributed by atoms with Crippen LogP contribution in [0, 0.1) is 0 Å². The third-order valence-electron chi connectivity index (χ3n) is 2.59. The molecule has 1 heterocycles. The quantitative estimate of drug-likeness (QED) is 0.762. The lowest BCUT2D eigenvalue weighted by molar-refractivity contribution is -0.158. The molecule has 0 radical (unpaired) electrons. The molecule has 0 saturated heterocycles. The van der Waals surface area contributed by atoms with Crippen molar-refractivity contribution in [3.63, 3.8) is 0 Å². The molecule has 0 saturated carbocycles. The maximum Gasteiger partial charge on any atom is 0.348 e. The van der Waals surface area contributed by atoms with Crippen LogP contribution < -0.4 is 0 Å². The van der Waals surface area contributed by atoms with Crippen molar-refractivity contribution >= 4 is 23.5 Å². The Labute approximate surface area is 96.8 Å². The van der Waals surface area contributed by atoms with Crippen LogP contribution in [-0.4, -0.2) is 22.6 Å². The van der Waals surface area contributed by atoms with E-state index in [-0.39, 0.29) is 6.42 Å². The fraction of sp³-hybridized carbons (Fsp3) is 0.273. The first kappa shape index (κ1) is 11.0. The van der Waals surface area contributed by atoms with Crippen LogP contribution in [0.3, 0.4) is 0 Å². The summed E-state index contributed by atoms with van der Waals surface area (Å²) in [5.41, 5.74) is -0.505. The largest absolute Gasteiger partial charge is 0.478 e. The van der Waals surface area contributed by atoms with Gasteiger partial charge in [0.05, 0.1) is 5.56 Å². The summed E-state index contributed by atoms with van der Waals surface area (Å²) in [5.74, 6) is -1.80. The van der Waals surface area contributed by atoms with Crippen molar-refractivity contribution < 1.29 is 19.4 Å². The summed E-state index contributed by atoms with van der Waals surface area (Å²) in [5, 5.41) is 9.42. The summed E-state index contributed by atoms with van der Waals surface area (Å²) >= 11 is 5.75. The predicted molar refractivity (Wildman–Crippen MR) is 56.6 cm³/mol. The van der Waals surface area contributed by atoms with Crippen LogP contribution in [0.15, 0.2) is 18.2 Å². The highest BCUT2D eigenvalue weighted by molar-refractivity contribution is 6.31. The average Bonchev–Trinajstić information content (AvgIpc) is 2.19. The third-order valence-corrected chi connectivity index (χ3v) is 2.83. The molecule has 1 aliphatic rings. The van der Waals surface area contributed by atoms with Gasteiger partial charge in [0.2, 0.25) is 5.60 Å². The standard InChI is InChI=1S/C11H9ClO4/c1-11(10(14)15)5-6-2-3-7(12)4-8(6)9(13)16-11/h2-4H,5H2,1H3,(H,14,15). The van der Waals surface area contributed by atoms with Gasteiger partial charge in [-0.3, -0.25) is 0 Å². The number of carboxylic acid groups (broad SMARTS) is 1. The van der Waals surface area contributed by atoms with Gasteiger partial charge in [-0.1, -0.05) is 17.7 Å². The number of carbonyl (C=O) groups excluding carboxylic acids is 1. The van der Waals surface area contributed by atoms with E-state index in [2.05, 4.69) is 0 Å². The number of hydrogen-bond acceptors (Lipinski definition) is 3. The summed E-state index contributed by atoms with van der Waals surface area (Å²) in [6.07, 6.45) is 0.153. The number of rotatable bonds is 1. The van der Waals surface area contributed by atoms with Gasteiger partial charge in [-0.15, -0.1) is 0 Å². The zero-order valence-corrected chi connectivity index (χ0v) is 9.25. The molecule has 0 aliphatic carbocycles. The van der Waals surface area contributed by atoms with Crippen LogP contribution in [0.25, 0.3) is 0 Å². The first-order chi connectivity index (χ1) is 7.42. The highest BCUT2D eigenvalue weighted by Crippen LogP contribution is 2.29. The number of cyclic esters (lactones) is 1. The number of ether oxygens (including phenoxy) is 1. The van der Waals surface area contributed by atoms with Gasteiger partial charge < -0.3 is 9.84 Å². The number of esters is 1. The highest BCUT2D eigenvalue weighted by atomic mass is 35.5. The van der Waals surface area contributed by atoms with E-state index >= 15 is 0 Å². The Balaban J connectivity index is 2.49. The Morgan fingerprint density at radius 2 is 2.25 bits per heavy atom. The highest BCUT2D eigenvalue weighted by Gasteiger charge is 2.42. The first-order valence-corrected chi connectivity index (χ1v) is 5.05. The second-order valence-electron chi connectivity index (χ2n) is 3.90. The van der Waals surface area contributed by atoms with E-state index in [1.807, 2.05) is 0 Å². The number of halogens is 1. The first-order valence-electron chi connectivity index (χ1n) is 4.67. The van der Waals surface area contributed by atoms with Gasteiger partial charge in [0.25, 0.3) is 0 Å². The molecule has 16 heavy (non-hydrogen) atoms. The molecule has 0 fully saturated rings. The minimum absolute atomic E-state index is 0.153. The zero-order chi connectivity index (χ0) is 11.9. The van der Waals surface area contributed by atoms with E-state index in [4.69, 9.17) is 21.4 Å². The van der Waals surface area contributed by atoms with Crippen molar-refractivity contribution in [1.29, 1.82) is 0 Å². The second kappa shape index (κ2) is 3.49. The molecular formula is C11H9ClO4. The molecule has 1 aromatic rings. The molecule has 1 unspecified atom stereocenters. The average molecular weight is 241 g/mol. The summed E-state index contributed by atoms with van der Waals surface area (Å²) < 4.78 is 4.92. The molecule has 1 N–H and O–H groups in total. The van der Waals surface area contributed by atoms with Crippen LogP contribution >= 0.6 is 11.6 Å². The Hall–Kier alpha value is -1.55. The van der Waals surface area contributed by atoms with Crippen molar-refractivity contribution in [2.75, 3.05) is 0 Å². The number of hydrogen-bond donors (Lipinski definition) is 1. The lowest BCUT2D eigenvalue weighted by Gasteiger charge is -2.30. The number of carbonyl (C=O) groups is 2. The third kappa shape index (κ3) is 1.65. The van der Waals surface area contributed by atoms with E-state index < -0.39 is 17.5 Å². The molecule has 1 aliphatic heterocycles. The van der Waals surface area contributed by atoms with Gasteiger partial charge in [-0.2, -0.15) is 0 Å². The second-order valence-corrected chi connectivity index (χ2v) is 4.34. The van der Waals surface area contributed by atoms with E-state index in [0.29, 0.717) is 16.1 Å². The Kier molecular flexibility index (Phi) is 2.39. The molecule has 0 spiro atoms. The number of fused-ring (bicyclic) bond motifs is 1. The van der Waals surface area contributed by atoms with Crippen LogP contribution in [0.5, 0.6) is 0 Å². The normalized spacial score (nSPS) is 23.5. The monoisotopic (exact) mass is 240 g/mol. The lowest BCUT2D eigenvalue weighted by atomic mass is 9.90. The molecule has 0 aromatic heterocycles. The topological polar surface area (TPSA) is 63.6 Å². The number of aliphatic carboxylic acids is 1. The Morgan fingerprint density at radius 1 is 1.56 bits per heavy atom. The SMILES string of the molecule is CC1(C(=O)O)Cc2ccc(Cl)cc2C(=O)O1. The van der Waals surface area contributed by atoms with Gasteiger partial charge in [0, 0.05) is 11.4 Å². The minimum atomic E-state index is -1.49. The van der Waals surface area contributed by atoms with Crippen molar-refractivity contribution in [2.45, 2.75) is 18.9 Å². The van der Waals surface area contributed by atoms with Gasteiger partial charge in [0.15, 0.2) is 0 Å². The van der Waals surface area contributed by atoms with Crippen LogP contribution in [0.2, 0.25) is 5.02 Å². The van der Waals surface area contributed by atoms with E-state index in [1.165, 1.54) is 13.0 Å². The molecule has 2 rings (SSSR count). The van der Waals surface area contributed by atoms with E-state index in [1.54, 1.807) is 12.1 Å².